The fourth-order valence-electron chi connectivity index (χ4n) is 0.652. The van der Waals surface area contributed by atoms with Crippen LogP contribution in [0.15, 0.2) is 10.6 Å². The van der Waals surface area contributed by atoms with E-state index >= 15 is 0 Å². The molecule has 1 unspecified atom stereocenters. The predicted molar refractivity (Wildman–Crippen MR) is 35.8 cm³/mol. The van der Waals surface area contributed by atoms with Gasteiger partial charge in [-0.05, 0) is 6.92 Å². The maximum absolute atomic E-state index is 10.3. The highest BCUT2D eigenvalue weighted by molar-refractivity contribution is 5.74. The normalized spacial score (nSPS) is 12.9. The van der Waals surface area contributed by atoms with Crippen LogP contribution in [-0.2, 0) is 4.79 Å². The molecule has 5 heteroatoms. The first-order valence-electron chi connectivity index (χ1n) is 3.03. The molecular weight excluding hydrogens is 148 g/mol. The van der Waals surface area contributed by atoms with Crippen LogP contribution in [0.25, 0.3) is 0 Å². The van der Waals surface area contributed by atoms with E-state index in [4.69, 9.17) is 10.8 Å². The van der Waals surface area contributed by atoms with Crippen molar-refractivity contribution in [3.63, 3.8) is 0 Å². The van der Waals surface area contributed by atoms with Crippen molar-refractivity contribution in [2.45, 2.75) is 13.0 Å². The van der Waals surface area contributed by atoms with Crippen LogP contribution in [0.3, 0.4) is 0 Å². The Morgan fingerprint density at radius 2 is 2.55 bits per heavy atom. The second-order valence-corrected chi connectivity index (χ2v) is 2.19. The Kier molecular flexibility index (Phi) is 1.91. The molecule has 0 saturated heterocycles. The molecule has 0 bridgehead atoms. The zero-order valence-corrected chi connectivity index (χ0v) is 5.94. The molecule has 1 rings (SSSR count). The van der Waals surface area contributed by atoms with E-state index in [9.17, 15) is 4.79 Å². The highest BCUT2D eigenvalue weighted by atomic mass is 16.5. The topological polar surface area (TPSA) is 89.4 Å². The van der Waals surface area contributed by atoms with Gasteiger partial charge in [-0.15, -0.1) is 0 Å². The molecule has 0 aromatic carbocycles. The van der Waals surface area contributed by atoms with Crippen molar-refractivity contribution >= 4 is 5.97 Å². The number of carboxylic acids is 1. The van der Waals surface area contributed by atoms with Crippen molar-refractivity contribution in [3.8, 4) is 0 Å². The van der Waals surface area contributed by atoms with Gasteiger partial charge in [-0.1, -0.05) is 5.16 Å². The number of aliphatic carboxylic acids is 1. The number of hydrogen-bond acceptors (Lipinski definition) is 4. The molecule has 0 radical (unpaired) electrons. The van der Waals surface area contributed by atoms with Gasteiger partial charge < -0.3 is 15.4 Å². The predicted octanol–water partition coefficient (Wildman–Crippen LogP) is 0.0674. The first kappa shape index (κ1) is 7.74. The third-order valence-electron chi connectivity index (χ3n) is 1.22. The van der Waals surface area contributed by atoms with Gasteiger partial charge in [0, 0.05) is 6.07 Å². The summed E-state index contributed by atoms with van der Waals surface area (Å²) in [7, 11) is 0. The molecule has 0 aliphatic rings. The van der Waals surface area contributed by atoms with E-state index in [1.54, 1.807) is 6.92 Å². The van der Waals surface area contributed by atoms with Gasteiger partial charge in [-0.25, -0.2) is 0 Å². The quantitative estimate of drug-likeness (QED) is 0.632. The monoisotopic (exact) mass is 156 g/mol. The molecule has 1 atom stereocenters. The third kappa shape index (κ3) is 1.56. The summed E-state index contributed by atoms with van der Waals surface area (Å²) in [6.45, 7) is 1.70. The first-order valence-corrected chi connectivity index (χ1v) is 3.03. The molecule has 0 aliphatic heterocycles. The minimum atomic E-state index is -1.12. The lowest BCUT2D eigenvalue weighted by Crippen LogP contribution is -2.19. The van der Waals surface area contributed by atoms with E-state index in [-0.39, 0.29) is 5.76 Å². The van der Waals surface area contributed by atoms with Crippen LogP contribution >= 0.6 is 0 Å². The lowest BCUT2D eigenvalue weighted by Gasteiger charge is -1.97. The van der Waals surface area contributed by atoms with Gasteiger partial charge in [0.1, 0.15) is 0 Å². The number of aryl methyl sites for hydroxylation is 1. The first-order chi connectivity index (χ1) is 5.11. The zero-order valence-electron chi connectivity index (χ0n) is 5.94. The summed E-state index contributed by atoms with van der Waals surface area (Å²) in [6.07, 6.45) is 0. The minimum absolute atomic E-state index is 0.176. The van der Waals surface area contributed by atoms with Gasteiger partial charge in [0.2, 0.25) is 0 Å². The maximum atomic E-state index is 10.3. The van der Waals surface area contributed by atoms with E-state index in [1.165, 1.54) is 6.07 Å². The van der Waals surface area contributed by atoms with Crippen molar-refractivity contribution < 1.29 is 14.4 Å². The number of hydrogen-bond donors (Lipinski definition) is 2. The third-order valence-corrected chi connectivity index (χ3v) is 1.22. The fourth-order valence-corrected chi connectivity index (χ4v) is 0.652. The molecule has 1 aromatic heterocycles. The molecule has 0 saturated carbocycles. The number of nitrogens with zero attached hydrogens (tertiary/aromatic N) is 1. The molecule has 0 spiro atoms. The Morgan fingerprint density at radius 3 is 2.91 bits per heavy atom. The summed E-state index contributed by atoms with van der Waals surface area (Å²) in [6, 6.07) is 0.384. The average molecular weight is 156 g/mol. The largest absolute Gasteiger partial charge is 0.480 e. The van der Waals surface area contributed by atoms with Crippen LogP contribution in [0.1, 0.15) is 17.5 Å². The molecule has 60 valence electrons. The standard InChI is InChI=1S/C6H8N2O3/c1-3-2-4(11-8-3)5(7)6(9)10/h2,5H,7H2,1H3,(H,9,10). The van der Waals surface area contributed by atoms with Crippen LogP contribution < -0.4 is 5.73 Å². The van der Waals surface area contributed by atoms with Crippen LogP contribution in [0.5, 0.6) is 0 Å². The number of carbonyl (C=O) groups is 1. The molecule has 5 nitrogen and oxygen atoms in total. The van der Waals surface area contributed by atoms with Crippen LogP contribution in [0.2, 0.25) is 0 Å². The smallest absolute Gasteiger partial charge is 0.328 e. The lowest BCUT2D eigenvalue weighted by molar-refractivity contribution is -0.139. The summed E-state index contributed by atoms with van der Waals surface area (Å²) in [5, 5.41) is 11.9. The molecule has 3 N–H and O–H groups in total. The second-order valence-electron chi connectivity index (χ2n) is 2.19. The van der Waals surface area contributed by atoms with Crippen molar-refractivity contribution in [1.82, 2.24) is 5.16 Å². The number of rotatable bonds is 2. The summed E-state index contributed by atoms with van der Waals surface area (Å²) in [5.41, 5.74) is 5.84. The molecule has 11 heavy (non-hydrogen) atoms. The van der Waals surface area contributed by atoms with Crippen LogP contribution in [0.4, 0.5) is 0 Å². The summed E-state index contributed by atoms with van der Waals surface area (Å²) < 4.78 is 4.63. The van der Waals surface area contributed by atoms with Gasteiger partial charge in [-0.3, -0.25) is 4.79 Å². The Hall–Kier alpha value is -1.36. The number of carboxylic acid groups (broad SMARTS) is 1. The average Bonchev–Trinajstić information content (AvgIpc) is 2.34. The van der Waals surface area contributed by atoms with E-state index in [0.717, 1.165) is 0 Å². The van der Waals surface area contributed by atoms with Gasteiger partial charge in [0.05, 0.1) is 5.69 Å². The summed E-state index contributed by atoms with van der Waals surface area (Å²) in [4.78, 5) is 10.3. The maximum Gasteiger partial charge on any atom is 0.328 e. The van der Waals surface area contributed by atoms with Gasteiger partial charge in [0.25, 0.3) is 0 Å². The second kappa shape index (κ2) is 2.71. The van der Waals surface area contributed by atoms with E-state index in [2.05, 4.69) is 9.68 Å². The Morgan fingerprint density at radius 1 is 1.91 bits per heavy atom. The molecule has 0 amide bonds. The molecule has 0 aliphatic carbocycles. The molecule has 1 heterocycles. The van der Waals surface area contributed by atoms with Crippen molar-refractivity contribution in [2.75, 3.05) is 0 Å². The fraction of sp³-hybridized carbons (Fsp3) is 0.333. The molecule has 1 aromatic rings. The molecular formula is C6H8N2O3. The van der Waals surface area contributed by atoms with Crippen molar-refractivity contribution in [3.05, 3.63) is 17.5 Å². The van der Waals surface area contributed by atoms with Crippen LogP contribution in [0, 0.1) is 6.92 Å². The minimum Gasteiger partial charge on any atom is -0.480 e. The summed E-state index contributed by atoms with van der Waals surface area (Å²) >= 11 is 0. The van der Waals surface area contributed by atoms with Crippen molar-refractivity contribution in [1.29, 1.82) is 0 Å². The zero-order chi connectivity index (χ0) is 8.43. The number of aromatic nitrogens is 1. The van der Waals surface area contributed by atoms with E-state index in [0.29, 0.717) is 5.69 Å². The summed E-state index contributed by atoms with van der Waals surface area (Å²) in [5.74, 6) is -0.948. The van der Waals surface area contributed by atoms with Gasteiger partial charge in [-0.2, -0.15) is 0 Å². The highest BCUT2D eigenvalue weighted by Crippen LogP contribution is 2.10. The Labute approximate surface area is 62.8 Å². The van der Waals surface area contributed by atoms with E-state index < -0.39 is 12.0 Å². The van der Waals surface area contributed by atoms with E-state index in [1.807, 2.05) is 0 Å². The highest BCUT2D eigenvalue weighted by Gasteiger charge is 2.18. The molecule has 0 fully saturated rings. The van der Waals surface area contributed by atoms with Crippen molar-refractivity contribution in [2.24, 2.45) is 5.73 Å². The SMILES string of the molecule is Cc1cc(C(N)C(=O)O)on1. The van der Waals surface area contributed by atoms with Gasteiger partial charge >= 0.3 is 5.97 Å². The Bertz CT molecular complexity index is 269. The Balaban J connectivity index is 2.84. The van der Waals surface area contributed by atoms with Gasteiger partial charge in [0.15, 0.2) is 11.8 Å². The number of nitrogens with two attached hydrogens (primary N) is 1. The van der Waals surface area contributed by atoms with Crippen LogP contribution in [-0.4, -0.2) is 16.2 Å². The lowest BCUT2D eigenvalue weighted by atomic mass is 10.2.